The normalized spacial score (nSPS) is 19.8. The third-order valence-corrected chi connectivity index (χ3v) is 7.07. The van der Waals surface area contributed by atoms with E-state index in [4.69, 9.17) is 15.2 Å². The second kappa shape index (κ2) is 11.5. The van der Waals surface area contributed by atoms with E-state index in [1.807, 2.05) is 30.3 Å². The third kappa shape index (κ3) is 6.29. The molecular weight excluding hydrogens is 503 g/mol. The molecule has 9 nitrogen and oxygen atoms in total. The number of amides is 3. The minimum atomic E-state index is -1.20. The van der Waals surface area contributed by atoms with Crippen molar-refractivity contribution in [1.29, 1.82) is 0 Å². The Morgan fingerprint density at radius 2 is 1.79 bits per heavy atom. The van der Waals surface area contributed by atoms with Crippen LogP contribution in [0.4, 0.5) is 4.39 Å². The minimum Gasteiger partial charge on any atom is -0.498 e. The first-order valence-electron chi connectivity index (χ1n) is 12.9. The van der Waals surface area contributed by atoms with Crippen LogP contribution in [-0.2, 0) is 36.9 Å². The quantitative estimate of drug-likeness (QED) is 0.477. The summed E-state index contributed by atoms with van der Waals surface area (Å²) in [6.45, 7) is 3.98. The van der Waals surface area contributed by atoms with Crippen LogP contribution in [0.2, 0.25) is 0 Å². The summed E-state index contributed by atoms with van der Waals surface area (Å²) in [7, 11) is 1.49. The molecule has 3 N–H and O–H groups in total. The van der Waals surface area contributed by atoms with E-state index in [2.05, 4.69) is 5.32 Å². The van der Waals surface area contributed by atoms with Gasteiger partial charge in [-0.15, -0.1) is 0 Å². The van der Waals surface area contributed by atoms with E-state index in [1.54, 1.807) is 35.8 Å². The highest BCUT2D eigenvalue weighted by Gasteiger charge is 2.53. The number of carbonyl (C=O) groups excluding carboxylic acids is 3. The van der Waals surface area contributed by atoms with Gasteiger partial charge in [-0.1, -0.05) is 42.5 Å². The van der Waals surface area contributed by atoms with Gasteiger partial charge >= 0.3 is 0 Å². The van der Waals surface area contributed by atoms with Gasteiger partial charge in [0.05, 0.1) is 32.4 Å². The summed E-state index contributed by atoms with van der Waals surface area (Å²) in [5.41, 5.74) is 5.54. The zero-order chi connectivity index (χ0) is 28.2. The molecule has 2 heterocycles. The van der Waals surface area contributed by atoms with Crippen molar-refractivity contribution in [3.8, 4) is 0 Å². The second-order valence-corrected chi connectivity index (χ2v) is 10.5. The van der Waals surface area contributed by atoms with Gasteiger partial charge in [-0.25, -0.2) is 4.39 Å². The Morgan fingerprint density at radius 3 is 2.44 bits per heavy atom. The first-order valence-corrected chi connectivity index (χ1v) is 12.9. The van der Waals surface area contributed by atoms with Crippen molar-refractivity contribution in [3.63, 3.8) is 0 Å². The van der Waals surface area contributed by atoms with Gasteiger partial charge in [-0.05, 0) is 37.1 Å². The number of hydrogen-bond donors (Lipinski definition) is 2. The van der Waals surface area contributed by atoms with Crippen LogP contribution in [0.5, 0.6) is 0 Å². The van der Waals surface area contributed by atoms with E-state index in [0.717, 1.165) is 11.1 Å². The molecular formula is C29H35FN4O5. The molecule has 4 rings (SSSR count). The molecule has 1 saturated heterocycles. The van der Waals surface area contributed by atoms with E-state index in [9.17, 15) is 18.8 Å². The Balaban J connectivity index is 1.57. The maximum Gasteiger partial charge on any atom is 0.251 e. The van der Waals surface area contributed by atoms with Gasteiger partial charge in [0, 0.05) is 25.6 Å². The lowest BCUT2D eigenvalue weighted by atomic mass is 9.86. The van der Waals surface area contributed by atoms with Crippen LogP contribution in [0.25, 0.3) is 0 Å². The smallest absolute Gasteiger partial charge is 0.251 e. The zero-order valence-corrected chi connectivity index (χ0v) is 22.5. The molecule has 1 unspecified atom stereocenters. The van der Waals surface area contributed by atoms with E-state index in [0.29, 0.717) is 12.2 Å². The molecule has 0 saturated carbocycles. The van der Waals surface area contributed by atoms with Crippen LogP contribution in [0, 0.1) is 5.82 Å². The van der Waals surface area contributed by atoms with Crippen molar-refractivity contribution in [2.45, 2.75) is 44.0 Å². The van der Waals surface area contributed by atoms with Gasteiger partial charge in [-0.3, -0.25) is 14.4 Å². The number of fused-ring (bicyclic) bond motifs is 1. The van der Waals surface area contributed by atoms with Gasteiger partial charge < -0.3 is 30.3 Å². The van der Waals surface area contributed by atoms with Crippen LogP contribution in [0.3, 0.4) is 0 Å². The summed E-state index contributed by atoms with van der Waals surface area (Å²) in [4.78, 5) is 42.9. The molecule has 0 radical (unpaired) electrons. The molecule has 2 atom stereocenters. The second-order valence-electron chi connectivity index (χ2n) is 10.5. The van der Waals surface area contributed by atoms with Crippen molar-refractivity contribution < 1.29 is 28.2 Å². The number of rotatable bonds is 10. The number of ether oxygens (including phenoxy) is 2. The number of hydrogen-bond acceptors (Lipinski definition) is 6. The van der Waals surface area contributed by atoms with Crippen molar-refractivity contribution >= 4 is 17.7 Å². The number of nitrogens with zero attached hydrogens (tertiary/aromatic N) is 2. The topological polar surface area (TPSA) is 114 Å². The predicted octanol–water partition coefficient (Wildman–Crippen LogP) is 1.76. The summed E-state index contributed by atoms with van der Waals surface area (Å²) >= 11 is 0. The van der Waals surface area contributed by atoms with Crippen molar-refractivity contribution in [1.82, 2.24) is 15.1 Å². The number of nitrogens with one attached hydrogen (secondary N) is 1. The monoisotopic (exact) mass is 538 g/mol. The fraction of sp³-hybridized carbons (Fsp3) is 0.414. The first-order chi connectivity index (χ1) is 18.5. The lowest BCUT2D eigenvalue weighted by molar-refractivity contribution is -0.147. The Labute approximate surface area is 227 Å². The summed E-state index contributed by atoms with van der Waals surface area (Å²) in [5, 5.41) is 2.75. The van der Waals surface area contributed by atoms with Gasteiger partial charge in [0.25, 0.3) is 5.91 Å². The lowest BCUT2D eigenvalue weighted by Gasteiger charge is -2.48. The molecule has 0 aliphatic carbocycles. The van der Waals surface area contributed by atoms with Crippen LogP contribution < -0.4 is 11.1 Å². The molecule has 39 heavy (non-hydrogen) atoms. The Kier molecular flexibility index (Phi) is 8.36. The average Bonchev–Trinajstić information content (AvgIpc) is 3.19. The third-order valence-electron chi connectivity index (χ3n) is 7.07. The number of methoxy groups -OCH3 is 1. The Morgan fingerprint density at radius 1 is 1.10 bits per heavy atom. The number of carbonyl (C=O) groups is 3. The highest BCUT2D eigenvalue weighted by atomic mass is 19.1. The van der Waals surface area contributed by atoms with Gasteiger partial charge in [0.1, 0.15) is 23.2 Å². The first kappa shape index (κ1) is 28.3. The van der Waals surface area contributed by atoms with E-state index in [1.165, 1.54) is 25.3 Å². The fourth-order valence-electron chi connectivity index (χ4n) is 4.99. The lowest BCUT2D eigenvalue weighted by Crippen LogP contribution is -2.66. The summed E-state index contributed by atoms with van der Waals surface area (Å²) in [5.74, 6) is -0.985. The van der Waals surface area contributed by atoms with Gasteiger partial charge in [-0.2, -0.15) is 0 Å². The van der Waals surface area contributed by atoms with Gasteiger partial charge in [0.15, 0.2) is 0 Å². The Hall–Kier alpha value is -3.76. The summed E-state index contributed by atoms with van der Waals surface area (Å²) < 4.78 is 25.1. The predicted molar refractivity (Wildman–Crippen MR) is 143 cm³/mol. The summed E-state index contributed by atoms with van der Waals surface area (Å²) in [6.07, 6.45) is 1.76. The molecule has 0 bridgehead atoms. The molecule has 2 aromatic rings. The highest BCUT2D eigenvalue weighted by Crippen LogP contribution is 2.38. The SMILES string of the molecule is COC1=CC(=O)N2CCN(C(=O)[C@@H](COCc3ccccc3)NC(=O)C(C)(C)N)CC12Cc1ccc(F)cc1. The van der Waals surface area contributed by atoms with Crippen molar-refractivity contribution in [3.05, 3.63) is 83.4 Å². The van der Waals surface area contributed by atoms with Crippen LogP contribution in [0.1, 0.15) is 25.0 Å². The minimum absolute atomic E-state index is 0.0629. The highest BCUT2D eigenvalue weighted by molar-refractivity contribution is 5.94. The van der Waals surface area contributed by atoms with E-state index in [-0.39, 0.29) is 50.5 Å². The molecule has 2 aliphatic rings. The number of nitrogens with two attached hydrogens (primary N) is 1. The number of halogens is 1. The van der Waals surface area contributed by atoms with E-state index < -0.39 is 23.0 Å². The zero-order valence-electron chi connectivity index (χ0n) is 22.5. The fourth-order valence-corrected chi connectivity index (χ4v) is 4.99. The maximum absolute atomic E-state index is 13.9. The van der Waals surface area contributed by atoms with Gasteiger partial charge in [0.2, 0.25) is 11.8 Å². The molecule has 3 amide bonds. The van der Waals surface area contributed by atoms with Crippen molar-refractivity contribution in [2.75, 3.05) is 33.4 Å². The summed E-state index contributed by atoms with van der Waals surface area (Å²) in [6, 6.07) is 14.5. The largest absolute Gasteiger partial charge is 0.498 e. The number of piperazine rings is 1. The molecule has 2 aliphatic heterocycles. The van der Waals surface area contributed by atoms with Crippen LogP contribution in [-0.4, -0.2) is 78.0 Å². The molecule has 0 aromatic heterocycles. The average molecular weight is 539 g/mol. The van der Waals surface area contributed by atoms with Crippen LogP contribution in [0.15, 0.2) is 66.4 Å². The number of benzene rings is 2. The molecule has 208 valence electrons. The maximum atomic E-state index is 13.9. The van der Waals surface area contributed by atoms with Crippen LogP contribution >= 0.6 is 0 Å². The molecule has 10 heteroatoms. The Bertz CT molecular complexity index is 1230. The molecule has 2 aromatic carbocycles. The molecule has 0 spiro atoms. The van der Waals surface area contributed by atoms with E-state index >= 15 is 0 Å². The van der Waals surface area contributed by atoms with Crippen molar-refractivity contribution in [2.24, 2.45) is 5.73 Å². The molecule has 1 fully saturated rings. The standard InChI is InChI=1S/C29H35FN4O5/c1-28(2,31)27(37)32-23(18-39-17-21-7-5-4-6-8-21)26(36)33-13-14-34-25(35)15-24(38-3)29(34,19-33)16-20-9-11-22(30)12-10-20/h4-12,15,23H,13-14,16-19,31H2,1-3H3,(H,32,37)/t23-,29?/m1/s1.